The molecule has 0 fully saturated rings. The van der Waals surface area contributed by atoms with Crippen molar-refractivity contribution >= 4 is 11.9 Å². The molecule has 0 aliphatic heterocycles. The van der Waals surface area contributed by atoms with Crippen molar-refractivity contribution in [2.24, 2.45) is 11.8 Å². The van der Waals surface area contributed by atoms with Crippen LogP contribution < -0.4 is 0 Å². The molecule has 1 N–H and O–H groups in total. The van der Waals surface area contributed by atoms with Crippen molar-refractivity contribution in [3.8, 4) is 0 Å². The van der Waals surface area contributed by atoms with Gasteiger partial charge in [-0.1, -0.05) is 84.8 Å². The Bertz CT molecular complexity index is 607. The van der Waals surface area contributed by atoms with Crippen molar-refractivity contribution < 1.29 is 19.4 Å². The maximum Gasteiger partial charge on any atom is 0.339 e. The molecule has 0 spiro atoms. The molecule has 0 aromatic heterocycles. The summed E-state index contributed by atoms with van der Waals surface area (Å²) in [6, 6.07) is 6.26. The quantitative estimate of drug-likeness (QED) is 0.249. The minimum absolute atomic E-state index is 0.00161. The summed E-state index contributed by atoms with van der Waals surface area (Å²) >= 11 is 0. The molecule has 4 heteroatoms. The third-order valence-electron chi connectivity index (χ3n) is 5.19. The summed E-state index contributed by atoms with van der Waals surface area (Å²) in [4.78, 5) is 23.9. The lowest BCUT2D eigenvalue weighted by Gasteiger charge is -2.20. The molecule has 29 heavy (non-hydrogen) atoms. The van der Waals surface area contributed by atoms with Crippen molar-refractivity contribution in [2.75, 3.05) is 0 Å². The molecular formula is C25H40O4. The molecule has 0 radical (unpaired) electrons. The number of esters is 1. The van der Waals surface area contributed by atoms with Crippen molar-refractivity contribution in [3.05, 3.63) is 35.4 Å². The van der Waals surface area contributed by atoms with Crippen molar-refractivity contribution in [1.82, 2.24) is 0 Å². The Morgan fingerprint density at radius 3 is 1.83 bits per heavy atom. The second-order valence-electron chi connectivity index (χ2n) is 8.95. The SMILES string of the molecule is CC(C)CCCCCCCCCC(CC(C)C)OC(=O)c1ccccc1C(=O)O. The van der Waals surface area contributed by atoms with E-state index in [2.05, 4.69) is 27.7 Å². The summed E-state index contributed by atoms with van der Waals surface area (Å²) in [5.41, 5.74) is 0.133. The minimum atomic E-state index is -1.11. The average Bonchev–Trinajstić information content (AvgIpc) is 2.65. The van der Waals surface area contributed by atoms with Crippen LogP contribution in [0.2, 0.25) is 0 Å². The summed E-state index contributed by atoms with van der Waals surface area (Å²) in [6.07, 6.45) is 11.5. The zero-order valence-corrected chi connectivity index (χ0v) is 18.8. The molecular weight excluding hydrogens is 364 g/mol. The average molecular weight is 405 g/mol. The topological polar surface area (TPSA) is 63.6 Å². The molecule has 0 aliphatic carbocycles. The van der Waals surface area contributed by atoms with Gasteiger partial charge < -0.3 is 9.84 Å². The Morgan fingerprint density at radius 2 is 1.31 bits per heavy atom. The van der Waals surface area contributed by atoms with Gasteiger partial charge in [0.1, 0.15) is 6.10 Å². The summed E-state index contributed by atoms with van der Waals surface area (Å²) in [6.45, 7) is 8.79. The molecule has 0 amide bonds. The molecule has 1 unspecified atom stereocenters. The van der Waals surface area contributed by atoms with E-state index in [1.807, 2.05) is 0 Å². The number of rotatable bonds is 15. The first-order chi connectivity index (χ1) is 13.8. The number of benzene rings is 1. The van der Waals surface area contributed by atoms with E-state index in [1.54, 1.807) is 12.1 Å². The Labute approximate surface area is 177 Å². The second-order valence-corrected chi connectivity index (χ2v) is 8.95. The lowest BCUT2D eigenvalue weighted by molar-refractivity contribution is 0.0220. The normalized spacial score (nSPS) is 12.3. The summed E-state index contributed by atoms with van der Waals surface area (Å²) < 4.78 is 5.72. The van der Waals surface area contributed by atoms with Gasteiger partial charge in [-0.25, -0.2) is 9.59 Å². The summed E-state index contributed by atoms with van der Waals surface area (Å²) in [5.74, 6) is -0.410. The highest BCUT2D eigenvalue weighted by Gasteiger charge is 2.21. The first-order valence-electron chi connectivity index (χ1n) is 11.3. The zero-order valence-electron chi connectivity index (χ0n) is 18.8. The molecule has 0 saturated carbocycles. The molecule has 0 bridgehead atoms. The molecule has 1 rings (SSSR count). The van der Waals surface area contributed by atoms with Crippen molar-refractivity contribution in [3.63, 3.8) is 0 Å². The van der Waals surface area contributed by atoms with E-state index in [0.717, 1.165) is 31.6 Å². The maximum atomic E-state index is 12.6. The number of carboxylic acids is 1. The molecule has 1 atom stereocenters. The third kappa shape index (κ3) is 11.1. The van der Waals surface area contributed by atoms with Gasteiger partial charge in [-0.15, -0.1) is 0 Å². The third-order valence-corrected chi connectivity index (χ3v) is 5.19. The smallest absolute Gasteiger partial charge is 0.339 e. The van der Waals surface area contributed by atoms with Gasteiger partial charge >= 0.3 is 11.9 Å². The van der Waals surface area contributed by atoms with Crippen LogP contribution in [0, 0.1) is 11.8 Å². The van der Waals surface area contributed by atoms with E-state index in [4.69, 9.17) is 4.74 Å². The van der Waals surface area contributed by atoms with Gasteiger partial charge in [0.15, 0.2) is 0 Å². The van der Waals surface area contributed by atoms with Crippen LogP contribution in [0.5, 0.6) is 0 Å². The van der Waals surface area contributed by atoms with Crippen LogP contribution in [0.25, 0.3) is 0 Å². The predicted octanol–water partition coefficient (Wildman–Crippen LogP) is 7.12. The van der Waals surface area contributed by atoms with Crippen LogP contribution in [-0.4, -0.2) is 23.1 Å². The number of hydrogen-bond donors (Lipinski definition) is 1. The number of carbonyl (C=O) groups excluding carboxylic acids is 1. The predicted molar refractivity (Wildman–Crippen MR) is 118 cm³/mol. The Hall–Kier alpha value is -1.84. The molecule has 164 valence electrons. The largest absolute Gasteiger partial charge is 0.478 e. The van der Waals surface area contributed by atoms with E-state index in [1.165, 1.54) is 50.7 Å². The fourth-order valence-corrected chi connectivity index (χ4v) is 3.62. The van der Waals surface area contributed by atoms with Gasteiger partial charge in [0, 0.05) is 0 Å². The zero-order chi connectivity index (χ0) is 21.6. The fraction of sp³-hybridized carbons (Fsp3) is 0.680. The summed E-state index contributed by atoms with van der Waals surface area (Å²) in [7, 11) is 0. The number of ether oxygens (including phenoxy) is 1. The number of carbonyl (C=O) groups is 2. The van der Waals surface area contributed by atoms with E-state index in [0.29, 0.717) is 5.92 Å². The van der Waals surface area contributed by atoms with Crippen LogP contribution in [0.3, 0.4) is 0 Å². The summed E-state index contributed by atoms with van der Waals surface area (Å²) in [5, 5.41) is 9.29. The van der Waals surface area contributed by atoms with Crippen LogP contribution >= 0.6 is 0 Å². The van der Waals surface area contributed by atoms with E-state index in [9.17, 15) is 14.7 Å². The van der Waals surface area contributed by atoms with Crippen molar-refractivity contribution in [2.45, 2.75) is 98.0 Å². The maximum absolute atomic E-state index is 12.6. The van der Waals surface area contributed by atoms with Crippen LogP contribution in [0.1, 0.15) is 113 Å². The standard InChI is InChI=1S/C25H40O4/c1-19(2)14-10-8-6-5-7-9-11-15-21(18-20(3)4)29-25(28)23-17-13-12-16-22(23)24(26)27/h12-13,16-17,19-21H,5-11,14-15,18H2,1-4H3,(H,26,27). The van der Waals surface area contributed by atoms with Crippen LogP contribution in [0.15, 0.2) is 24.3 Å². The number of carboxylic acid groups (broad SMARTS) is 1. The molecule has 0 saturated heterocycles. The first kappa shape index (κ1) is 25.2. The van der Waals surface area contributed by atoms with Gasteiger partial charge in [-0.2, -0.15) is 0 Å². The molecule has 0 aliphatic rings. The van der Waals surface area contributed by atoms with Gasteiger partial charge in [0.25, 0.3) is 0 Å². The Balaban J connectivity index is 2.41. The first-order valence-corrected chi connectivity index (χ1v) is 11.3. The fourth-order valence-electron chi connectivity index (χ4n) is 3.62. The second kappa shape index (κ2) is 14.2. The molecule has 1 aromatic carbocycles. The van der Waals surface area contributed by atoms with Gasteiger partial charge in [-0.3, -0.25) is 0 Å². The molecule has 0 heterocycles. The molecule has 1 aromatic rings. The van der Waals surface area contributed by atoms with Crippen LogP contribution in [-0.2, 0) is 4.74 Å². The Kier molecular flexibility index (Phi) is 12.3. The lowest BCUT2D eigenvalue weighted by atomic mass is 9.99. The van der Waals surface area contributed by atoms with Crippen molar-refractivity contribution in [1.29, 1.82) is 0 Å². The van der Waals surface area contributed by atoms with Crippen LogP contribution in [0.4, 0.5) is 0 Å². The number of aromatic carboxylic acids is 1. The van der Waals surface area contributed by atoms with E-state index >= 15 is 0 Å². The highest BCUT2D eigenvalue weighted by atomic mass is 16.5. The lowest BCUT2D eigenvalue weighted by Crippen LogP contribution is -2.22. The van der Waals surface area contributed by atoms with E-state index < -0.39 is 11.9 Å². The Morgan fingerprint density at radius 1 is 0.793 bits per heavy atom. The van der Waals surface area contributed by atoms with E-state index in [-0.39, 0.29) is 17.2 Å². The monoisotopic (exact) mass is 404 g/mol. The highest BCUT2D eigenvalue weighted by molar-refractivity contribution is 6.02. The molecule has 4 nitrogen and oxygen atoms in total. The highest BCUT2D eigenvalue weighted by Crippen LogP contribution is 2.20. The number of hydrogen-bond acceptors (Lipinski definition) is 3. The van der Waals surface area contributed by atoms with Gasteiger partial charge in [0.2, 0.25) is 0 Å². The van der Waals surface area contributed by atoms with Gasteiger partial charge in [-0.05, 0) is 43.2 Å². The van der Waals surface area contributed by atoms with Gasteiger partial charge in [0.05, 0.1) is 11.1 Å². The minimum Gasteiger partial charge on any atom is -0.478 e. The number of unbranched alkanes of at least 4 members (excludes halogenated alkanes) is 6.